The maximum absolute atomic E-state index is 11.7. The standard InChI is InChI=1S/C10H11ClN4O3/c11-9-8(12-5-7-1-4-18-14-7)6-13-15(2-3-16)10(9)17/h1,4,6,12,16H,2-3,5H2. The minimum Gasteiger partial charge on any atom is -0.394 e. The molecule has 0 spiro atoms. The van der Waals surface area contributed by atoms with Crippen LogP contribution >= 0.6 is 11.6 Å². The van der Waals surface area contributed by atoms with Gasteiger partial charge in [-0.2, -0.15) is 5.10 Å². The molecule has 0 amide bonds. The molecule has 0 atom stereocenters. The van der Waals surface area contributed by atoms with Gasteiger partial charge in [0, 0.05) is 6.07 Å². The van der Waals surface area contributed by atoms with Crippen molar-refractivity contribution in [3.63, 3.8) is 0 Å². The van der Waals surface area contributed by atoms with E-state index in [-0.39, 0.29) is 18.2 Å². The van der Waals surface area contributed by atoms with Crippen LogP contribution in [0.15, 0.2) is 27.8 Å². The van der Waals surface area contributed by atoms with Crippen LogP contribution in [0.4, 0.5) is 5.69 Å². The van der Waals surface area contributed by atoms with Gasteiger partial charge in [-0.15, -0.1) is 0 Å². The Hall–Kier alpha value is -1.86. The Morgan fingerprint density at radius 1 is 1.56 bits per heavy atom. The van der Waals surface area contributed by atoms with Crippen LogP contribution in [0.1, 0.15) is 5.69 Å². The molecule has 2 N–H and O–H groups in total. The highest BCUT2D eigenvalue weighted by Crippen LogP contribution is 2.15. The Balaban J connectivity index is 2.14. The molecule has 2 rings (SSSR count). The highest BCUT2D eigenvalue weighted by molar-refractivity contribution is 6.32. The molecule has 0 aliphatic carbocycles. The average molecular weight is 271 g/mol. The first-order chi connectivity index (χ1) is 8.72. The van der Waals surface area contributed by atoms with E-state index in [4.69, 9.17) is 16.7 Å². The van der Waals surface area contributed by atoms with Crippen LogP contribution in [-0.2, 0) is 13.1 Å². The number of hydrogen-bond donors (Lipinski definition) is 2. The van der Waals surface area contributed by atoms with Gasteiger partial charge in [0.15, 0.2) is 0 Å². The summed E-state index contributed by atoms with van der Waals surface area (Å²) in [7, 11) is 0. The normalized spacial score (nSPS) is 10.6. The van der Waals surface area contributed by atoms with Crippen molar-refractivity contribution in [2.24, 2.45) is 0 Å². The summed E-state index contributed by atoms with van der Waals surface area (Å²) in [5.74, 6) is 0. The lowest BCUT2D eigenvalue weighted by atomic mass is 10.4. The van der Waals surface area contributed by atoms with Gasteiger partial charge < -0.3 is 14.9 Å². The molecule has 2 aromatic heterocycles. The van der Waals surface area contributed by atoms with Gasteiger partial charge in [-0.25, -0.2) is 4.68 Å². The van der Waals surface area contributed by atoms with Gasteiger partial charge in [0.1, 0.15) is 17.0 Å². The predicted octanol–water partition coefficient (Wildman–Crippen LogP) is 0.489. The SMILES string of the molecule is O=c1c(Cl)c(NCc2ccon2)cnn1CCO. The van der Waals surface area contributed by atoms with E-state index in [1.54, 1.807) is 6.07 Å². The van der Waals surface area contributed by atoms with Gasteiger partial charge >= 0.3 is 0 Å². The summed E-state index contributed by atoms with van der Waals surface area (Å²) in [4.78, 5) is 11.7. The van der Waals surface area contributed by atoms with Gasteiger partial charge in [0.05, 0.1) is 31.6 Å². The van der Waals surface area contributed by atoms with Gasteiger partial charge in [0.2, 0.25) is 0 Å². The van der Waals surface area contributed by atoms with Crippen LogP contribution in [0.25, 0.3) is 0 Å². The quantitative estimate of drug-likeness (QED) is 0.821. The Labute approximate surface area is 107 Å². The average Bonchev–Trinajstić information content (AvgIpc) is 2.87. The third kappa shape index (κ3) is 2.69. The molecule has 0 bridgehead atoms. The lowest BCUT2D eigenvalue weighted by Crippen LogP contribution is -2.25. The number of aliphatic hydroxyl groups is 1. The Bertz CT molecular complexity index is 567. The summed E-state index contributed by atoms with van der Waals surface area (Å²) in [6.07, 6.45) is 2.88. The second-order valence-corrected chi connectivity index (χ2v) is 3.85. The molecule has 0 saturated heterocycles. The molecule has 0 aliphatic rings. The van der Waals surface area contributed by atoms with Gasteiger partial charge in [-0.3, -0.25) is 4.79 Å². The van der Waals surface area contributed by atoms with Gasteiger partial charge in [-0.05, 0) is 0 Å². The summed E-state index contributed by atoms with van der Waals surface area (Å²) >= 11 is 5.91. The van der Waals surface area contributed by atoms with E-state index < -0.39 is 5.56 Å². The van der Waals surface area contributed by atoms with E-state index in [0.717, 1.165) is 4.68 Å². The fourth-order valence-corrected chi connectivity index (χ4v) is 1.57. The van der Waals surface area contributed by atoms with E-state index in [9.17, 15) is 4.79 Å². The van der Waals surface area contributed by atoms with Crippen LogP contribution < -0.4 is 10.9 Å². The number of nitrogens with zero attached hydrogens (tertiary/aromatic N) is 3. The monoisotopic (exact) mass is 270 g/mol. The van der Waals surface area contributed by atoms with E-state index >= 15 is 0 Å². The van der Waals surface area contributed by atoms with Crippen LogP contribution in [-0.4, -0.2) is 26.7 Å². The number of rotatable bonds is 5. The lowest BCUT2D eigenvalue weighted by molar-refractivity contribution is 0.266. The van der Waals surface area contributed by atoms with Crippen molar-refractivity contribution < 1.29 is 9.63 Å². The molecule has 8 heteroatoms. The summed E-state index contributed by atoms with van der Waals surface area (Å²) in [6, 6.07) is 1.70. The van der Waals surface area contributed by atoms with Crippen LogP contribution in [0.3, 0.4) is 0 Å². The number of aliphatic hydroxyl groups excluding tert-OH is 1. The zero-order valence-electron chi connectivity index (χ0n) is 9.34. The zero-order chi connectivity index (χ0) is 13.0. The molecule has 2 aromatic rings. The van der Waals surface area contributed by atoms with Crippen molar-refractivity contribution in [2.75, 3.05) is 11.9 Å². The minimum absolute atomic E-state index is 0.0296. The molecule has 7 nitrogen and oxygen atoms in total. The molecular weight excluding hydrogens is 260 g/mol. The summed E-state index contributed by atoms with van der Waals surface area (Å²) in [6.45, 7) is 0.318. The minimum atomic E-state index is -0.448. The van der Waals surface area contributed by atoms with Crippen LogP contribution in [0.2, 0.25) is 5.02 Å². The van der Waals surface area contributed by atoms with E-state index in [0.29, 0.717) is 17.9 Å². The molecule has 0 radical (unpaired) electrons. The molecule has 0 saturated carbocycles. The molecule has 0 aromatic carbocycles. The number of halogens is 1. The highest BCUT2D eigenvalue weighted by atomic mass is 35.5. The Morgan fingerprint density at radius 2 is 2.39 bits per heavy atom. The van der Waals surface area contributed by atoms with Crippen molar-refractivity contribution in [3.8, 4) is 0 Å². The fourth-order valence-electron chi connectivity index (χ4n) is 1.36. The summed E-state index contributed by atoms with van der Waals surface area (Å²) in [5, 5.41) is 19.3. The molecule has 0 aliphatic heterocycles. The number of hydrogen-bond acceptors (Lipinski definition) is 6. The first-order valence-electron chi connectivity index (χ1n) is 5.22. The van der Waals surface area contributed by atoms with Crippen LogP contribution in [0.5, 0.6) is 0 Å². The highest BCUT2D eigenvalue weighted by Gasteiger charge is 2.09. The third-order valence-electron chi connectivity index (χ3n) is 2.25. The third-order valence-corrected chi connectivity index (χ3v) is 2.61. The predicted molar refractivity (Wildman–Crippen MR) is 64.4 cm³/mol. The second kappa shape index (κ2) is 5.65. The van der Waals surface area contributed by atoms with E-state index in [1.165, 1.54) is 12.5 Å². The van der Waals surface area contributed by atoms with Crippen LogP contribution in [0, 0.1) is 0 Å². The maximum atomic E-state index is 11.7. The van der Waals surface area contributed by atoms with Crippen molar-refractivity contribution >= 4 is 17.3 Å². The molecular formula is C10H11ClN4O3. The van der Waals surface area contributed by atoms with Gasteiger partial charge in [-0.1, -0.05) is 16.8 Å². The Kier molecular flexibility index (Phi) is 3.96. The second-order valence-electron chi connectivity index (χ2n) is 3.47. The Morgan fingerprint density at radius 3 is 3.06 bits per heavy atom. The first kappa shape index (κ1) is 12.6. The molecule has 2 heterocycles. The molecule has 18 heavy (non-hydrogen) atoms. The molecule has 0 fully saturated rings. The number of nitrogens with one attached hydrogen (secondary N) is 1. The molecule has 96 valence electrons. The largest absolute Gasteiger partial charge is 0.394 e. The maximum Gasteiger partial charge on any atom is 0.287 e. The topological polar surface area (TPSA) is 93.2 Å². The van der Waals surface area contributed by atoms with Crippen molar-refractivity contribution in [1.82, 2.24) is 14.9 Å². The fraction of sp³-hybridized carbons (Fsp3) is 0.300. The van der Waals surface area contributed by atoms with E-state index in [1.807, 2.05) is 0 Å². The van der Waals surface area contributed by atoms with Crippen molar-refractivity contribution in [3.05, 3.63) is 39.6 Å². The summed E-state index contributed by atoms with van der Waals surface area (Å²) in [5.41, 5.74) is 0.653. The van der Waals surface area contributed by atoms with Crippen molar-refractivity contribution in [2.45, 2.75) is 13.1 Å². The zero-order valence-corrected chi connectivity index (χ0v) is 10.1. The lowest BCUT2D eigenvalue weighted by Gasteiger charge is -2.08. The smallest absolute Gasteiger partial charge is 0.287 e. The first-order valence-corrected chi connectivity index (χ1v) is 5.60. The van der Waals surface area contributed by atoms with Gasteiger partial charge in [0.25, 0.3) is 5.56 Å². The van der Waals surface area contributed by atoms with Crippen molar-refractivity contribution in [1.29, 1.82) is 0 Å². The number of aromatic nitrogens is 3. The summed E-state index contributed by atoms with van der Waals surface area (Å²) < 4.78 is 5.78. The number of anilines is 1. The molecule has 0 unspecified atom stereocenters. The van der Waals surface area contributed by atoms with E-state index in [2.05, 4.69) is 20.1 Å².